The van der Waals surface area contributed by atoms with E-state index in [0.29, 0.717) is 22.5 Å². The second-order valence-corrected chi connectivity index (χ2v) is 6.54. The monoisotopic (exact) mass is 320 g/mol. The van der Waals surface area contributed by atoms with Crippen molar-refractivity contribution in [2.24, 2.45) is 0 Å². The first-order valence-corrected chi connectivity index (χ1v) is 7.85. The lowest BCUT2D eigenvalue weighted by Gasteiger charge is -2.12. The normalized spacial score (nSPS) is 10.9. The average molecular weight is 321 g/mol. The van der Waals surface area contributed by atoms with Crippen LogP contribution in [0.25, 0.3) is 0 Å². The summed E-state index contributed by atoms with van der Waals surface area (Å²) in [5.74, 6) is 2.45. The third kappa shape index (κ3) is 3.30. The van der Waals surface area contributed by atoms with Crippen LogP contribution >= 0.6 is 11.6 Å². The Morgan fingerprint density at radius 1 is 1.29 bits per heavy atom. The maximum absolute atomic E-state index is 12.4. The zero-order valence-electron chi connectivity index (χ0n) is 11.2. The standard InChI is InChI=1S/C15H13ClN2O2S/c1-3-11-5-4-6-13(7-11)18-21(19,20)15-9-12(16)8-14(17)10(15)2/h1,4-9,18H,17H2,2H3. The number of sulfonamides is 1. The largest absolute Gasteiger partial charge is 0.398 e. The van der Waals surface area contributed by atoms with E-state index in [4.69, 9.17) is 23.8 Å². The molecule has 0 radical (unpaired) electrons. The van der Waals surface area contributed by atoms with Gasteiger partial charge in [-0.25, -0.2) is 8.42 Å². The number of nitrogens with one attached hydrogen (secondary N) is 1. The van der Waals surface area contributed by atoms with Crippen LogP contribution in [0.15, 0.2) is 41.3 Å². The Bertz CT molecular complexity index is 839. The molecule has 0 atom stereocenters. The molecule has 0 bridgehead atoms. The molecular weight excluding hydrogens is 308 g/mol. The van der Waals surface area contributed by atoms with Gasteiger partial charge in [0.15, 0.2) is 0 Å². The lowest BCUT2D eigenvalue weighted by atomic mass is 10.2. The molecule has 21 heavy (non-hydrogen) atoms. The molecule has 2 aromatic rings. The Labute approximate surface area is 129 Å². The second kappa shape index (κ2) is 5.68. The Kier molecular flexibility index (Phi) is 4.12. The van der Waals surface area contributed by atoms with Gasteiger partial charge in [-0.1, -0.05) is 23.6 Å². The molecule has 2 rings (SSSR count). The minimum absolute atomic E-state index is 0.0404. The van der Waals surface area contributed by atoms with E-state index in [-0.39, 0.29) is 9.92 Å². The molecule has 0 amide bonds. The first-order chi connectivity index (χ1) is 9.83. The number of nitrogens with two attached hydrogens (primary N) is 1. The minimum atomic E-state index is -3.80. The highest BCUT2D eigenvalue weighted by Crippen LogP contribution is 2.27. The highest BCUT2D eigenvalue weighted by molar-refractivity contribution is 7.92. The zero-order valence-corrected chi connectivity index (χ0v) is 12.8. The number of rotatable bonds is 3. The topological polar surface area (TPSA) is 72.2 Å². The summed E-state index contributed by atoms with van der Waals surface area (Å²) in [5.41, 5.74) is 7.48. The van der Waals surface area contributed by atoms with E-state index in [1.165, 1.54) is 12.1 Å². The predicted octanol–water partition coefficient (Wildman–Crippen LogP) is 3.01. The van der Waals surface area contributed by atoms with Crippen molar-refractivity contribution in [2.45, 2.75) is 11.8 Å². The fourth-order valence-electron chi connectivity index (χ4n) is 1.84. The van der Waals surface area contributed by atoms with Gasteiger partial charge in [-0.05, 0) is 42.8 Å². The van der Waals surface area contributed by atoms with Gasteiger partial charge in [-0.15, -0.1) is 6.42 Å². The van der Waals surface area contributed by atoms with Crippen LogP contribution in [0.1, 0.15) is 11.1 Å². The molecule has 0 unspecified atom stereocenters. The molecule has 0 aliphatic heterocycles. The van der Waals surface area contributed by atoms with E-state index in [1.54, 1.807) is 31.2 Å². The van der Waals surface area contributed by atoms with Gasteiger partial charge in [-0.2, -0.15) is 0 Å². The fourth-order valence-corrected chi connectivity index (χ4v) is 3.48. The van der Waals surface area contributed by atoms with Crippen molar-refractivity contribution >= 4 is 33.0 Å². The first kappa shape index (κ1) is 15.2. The van der Waals surface area contributed by atoms with Crippen LogP contribution in [0.2, 0.25) is 5.02 Å². The molecule has 108 valence electrons. The van der Waals surface area contributed by atoms with E-state index in [2.05, 4.69) is 10.6 Å². The Hall–Kier alpha value is -2.16. The summed E-state index contributed by atoms with van der Waals surface area (Å²) in [7, 11) is -3.80. The Morgan fingerprint density at radius 2 is 2.00 bits per heavy atom. The van der Waals surface area contributed by atoms with Gasteiger partial charge in [0, 0.05) is 16.3 Å². The van der Waals surface area contributed by atoms with E-state index in [1.807, 2.05) is 0 Å². The average Bonchev–Trinajstić information content (AvgIpc) is 2.42. The summed E-state index contributed by atoms with van der Waals surface area (Å²) in [4.78, 5) is 0.0404. The molecule has 3 N–H and O–H groups in total. The van der Waals surface area contributed by atoms with Crippen molar-refractivity contribution in [3.05, 3.63) is 52.5 Å². The van der Waals surface area contributed by atoms with E-state index in [0.717, 1.165) is 0 Å². The van der Waals surface area contributed by atoms with Gasteiger partial charge in [0.25, 0.3) is 10.0 Å². The van der Waals surface area contributed by atoms with Crippen molar-refractivity contribution in [1.82, 2.24) is 0 Å². The lowest BCUT2D eigenvalue weighted by molar-refractivity contribution is 0.600. The van der Waals surface area contributed by atoms with Gasteiger partial charge in [0.1, 0.15) is 0 Å². The molecule has 0 saturated carbocycles. The number of nitrogen functional groups attached to an aromatic ring is 1. The maximum Gasteiger partial charge on any atom is 0.262 e. The van der Waals surface area contributed by atoms with Gasteiger partial charge >= 0.3 is 0 Å². The summed E-state index contributed by atoms with van der Waals surface area (Å²) < 4.78 is 27.4. The molecule has 2 aromatic carbocycles. The summed E-state index contributed by atoms with van der Waals surface area (Å²) >= 11 is 5.88. The molecule has 0 aromatic heterocycles. The van der Waals surface area contributed by atoms with Crippen molar-refractivity contribution in [1.29, 1.82) is 0 Å². The van der Waals surface area contributed by atoms with Gasteiger partial charge in [0.2, 0.25) is 0 Å². The summed E-state index contributed by atoms with van der Waals surface area (Å²) in [5, 5.41) is 0.260. The maximum atomic E-state index is 12.4. The van der Waals surface area contributed by atoms with Gasteiger partial charge in [-0.3, -0.25) is 4.72 Å². The number of hydrogen-bond acceptors (Lipinski definition) is 3. The molecule has 0 fully saturated rings. The highest BCUT2D eigenvalue weighted by atomic mass is 35.5. The molecule has 0 saturated heterocycles. The number of terminal acetylenes is 1. The van der Waals surface area contributed by atoms with Crippen molar-refractivity contribution in [3.8, 4) is 12.3 Å². The molecule has 4 nitrogen and oxygen atoms in total. The summed E-state index contributed by atoms with van der Waals surface area (Å²) in [6.45, 7) is 1.62. The van der Waals surface area contributed by atoms with Crippen LogP contribution in [0, 0.1) is 19.3 Å². The molecule has 6 heteroatoms. The van der Waals surface area contributed by atoms with Crippen LogP contribution in [-0.4, -0.2) is 8.42 Å². The number of benzene rings is 2. The molecule has 0 aliphatic carbocycles. The summed E-state index contributed by atoms with van der Waals surface area (Å²) in [6.07, 6.45) is 5.30. The number of halogens is 1. The lowest BCUT2D eigenvalue weighted by Crippen LogP contribution is -2.15. The third-order valence-electron chi connectivity index (χ3n) is 2.94. The van der Waals surface area contributed by atoms with Crippen LogP contribution in [0.3, 0.4) is 0 Å². The van der Waals surface area contributed by atoms with Crippen LogP contribution < -0.4 is 10.5 Å². The van der Waals surface area contributed by atoms with Crippen molar-refractivity contribution < 1.29 is 8.42 Å². The quantitative estimate of drug-likeness (QED) is 0.674. The van der Waals surface area contributed by atoms with Gasteiger partial charge in [0.05, 0.1) is 10.6 Å². The summed E-state index contributed by atoms with van der Waals surface area (Å²) in [6, 6.07) is 9.44. The van der Waals surface area contributed by atoms with Gasteiger partial charge < -0.3 is 5.73 Å². The molecule has 0 aliphatic rings. The molecular formula is C15H13ClN2O2S. The highest BCUT2D eigenvalue weighted by Gasteiger charge is 2.19. The van der Waals surface area contributed by atoms with E-state index < -0.39 is 10.0 Å². The Balaban J connectivity index is 2.46. The smallest absolute Gasteiger partial charge is 0.262 e. The minimum Gasteiger partial charge on any atom is -0.398 e. The van der Waals surface area contributed by atoms with Crippen LogP contribution in [0.5, 0.6) is 0 Å². The second-order valence-electron chi connectivity index (χ2n) is 4.45. The fraction of sp³-hybridized carbons (Fsp3) is 0.0667. The predicted molar refractivity (Wildman–Crippen MR) is 85.8 cm³/mol. The number of hydrogen-bond donors (Lipinski definition) is 2. The number of anilines is 2. The molecule has 0 heterocycles. The van der Waals surface area contributed by atoms with Crippen LogP contribution in [-0.2, 0) is 10.0 Å². The van der Waals surface area contributed by atoms with Crippen LogP contribution in [0.4, 0.5) is 11.4 Å². The molecule has 0 spiro atoms. The van der Waals surface area contributed by atoms with Crippen molar-refractivity contribution in [2.75, 3.05) is 10.5 Å². The Morgan fingerprint density at radius 3 is 2.67 bits per heavy atom. The van der Waals surface area contributed by atoms with Crippen molar-refractivity contribution in [3.63, 3.8) is 0 Å². The van der Waals surface area contributed by atoms with E-state index >= 15 is 0 Å². The first-order valence-electron chi connectivity index (χ1n) is 5.98. The SMILES string of the molecule is C#Cc1cccc(NS(=O)(=O)c2cc(Cl)cc(N)c2C)c1. The van der Waals surface area contributed by atoms with E-state index in [9.17, 15) is 8.42 Å². The zero-order chi connectivity index (χ0) is 15.6. The third-order valence-corrected chi connectivity index (χ3v) is 4.66.